The van der Waals surface area contributed by atoms with Crippen LogP contribution in [0, 0.1) is 5.82 Å². The lowest BCUT2D eigenvalue weighted by Crippen LogP contribution is -2.05. The molecule has 0 saturated carbocycles. The summed E-state index contributed by atoms with van der Waals surface area (Å²) in [5, 5.41) is 2.89. The second-order valence-corrected chi connectivity index (χ2v) is 4.61. The van der Waals surface area contributed by atoms with Crippen LogP contribution in [0.15, 0.2) is 29.6 Å². The Balaban J connectivity index is 1.93. The number of aromatic nitrogens is 1. The summed E-state index contributed by atoms with van der Waals surface area (Å²) < 4.78 is 17.8. The SMILES string of the molecule is CCc1nc(COC(=O)c2ccc(F)cc2)cs1. The van der Waals surface area contributed by atoms with Gasteiger partial charge >= 0.3 is 5.97 Å². The van der Waals surface area contributed by atoms with Crippen molar-refractivity contribution in [3.8, 4) is 0 Å². The molecule has 0 atom stereocenters. The monoisotopic (exact) mass is 265 g/mol. The van der Waals surface area contributed by atoms with E-state index in [0.29, 0.717) is 5.56 Å². The van der Waals surface area contributed by atoms with Gasteiger partial charge in [-0.05, 0) is 30.7 Å². The van der Waals surface area contributed by atoms with E-state index >= 15 is 0 Å². The maximum atomic E-state index is 12.7. The van der Waals surface area contributed by atoms with Crippen molar-refractivity contribution in [1.29, 1.82) is 0 Å². The van der Waals surface area contributed by atoms with E-state index in [2.05, 4.69) is 4.98 Å². The third-order valence-corrected chi connectivity index (χ3v) is 3.37. The molecule has 18 heavy (non-hydrogen) atoms. The van der Waals surface area contributed by atoms with Crippen LogP contribution in [0.2, 0.25) is 0 Å². The first-order valence-electron chi connectivity index (χ1n) is 5.55. The first-order valence-corrected chi connectivity index (χ1v) is 6.43. The van der Waals surface area contributed by atoms with Crippen molar-refractivity contribution in [3.63, 3.8) is 0 Å². The molecule has 94 valence electrons. The molecule has 1 aromatic heterocycles. The van der Waals surface area contributed by atoms with Crippen LogP contribution >= 0.6 is 11.3 Å². The molecule has 0 aliphatic carbocycles. The molecule has 1 heterocycles. The summed E-state index contributed by atoms with van der Waals surface area (Å²) in [5.41, 5.74) is 1.08. The number of esters is 1. The highest BCUT2D eigenvalue weighted by Gasteiger charge is 2.08. The van der Waals surface area contributed by atoms with Gasteiger partial charge in [-0.25, -0.2) is 14.2 Å². The molecule has 1 aromatic carbocycles. The second kappa shape index (κ2) is 5.73. The fourth-order valence-electron chi connectivity index (χ4n) is 1.39. The van der Waals surface area contributed by atoms with Crippen molar-refractivity contribution in [2.75, 3.05) is 0 Å². The summed E-state index contributed by atoms with van der Waals surface area (Å²) in [6.07, 6.45) is 0.872. The average Bonchev–Trinajstić information content (AvgIpc) is 2.85. The lowest BCUT2D eigenvalue weighted by atomic mass is 10.2. The van der Waals surface area contributed by atoms with Crippen LogP contribution in [0.4, 0.5) is 4.39 Å². The highest BCUT2D eigenvalue weighted by atomic mass is 32.1. The summed E-state index contributed by atoms with van der Waals surface area (Å²) in [7, 11) is 0. The number of halogens is 1. The fraction of sp³-hybridized carbons (Fsp3) is 0.231. The molecule has 0 N–H and O–H groups in total. The van der Waals surface area contributed by atoms with E-state index in [-0.39, 0.29) is 12.4 Å². The summed E-state index contributed by atoms with van der Waals surface area (Å²) in [6.45, 7) is 2.17. The van der Waals surface area contributed by atoms with E-state index in [1.165, 1.54) is 24.3 Å². The summed E-state index contributed by atoms with van der Waals surface area (Å²) >= 11 is 1.55. The first-order chi connectivity index (χ1) is 8.69. The zero-order valence-corrected chi connectivity index (χ0v) is 10.7. The molecular formula is C13H12FNO2S. The molecule has 5 heteroatoms. The highest BCUT2D eigenvalue weighted by Crippen LogP contribution is 2.12. The lowest BCUT2D eigenvalue weighted by Gasteiger charge is -2.02. The minimum Gasteiger partial charge on any atom is -0.456 e. The van der Waals surface area contributed by atoms with Crippen molar-refractivity contribution in [2.45, 2.75) is 20.0 Å². The molecule has 0 bridgehead atoms. The van der Waals surface area contributed by atoms with Crippen LogP contribution in [-0.4, -0.2) is 11.0 Å². The van der Waals surface area contributed by atoms with E-state index in [1.807, 2.05) is 12.3 Å². The first kappa shape index (κ1) is 12.7. The van der Waals surface area contributed by atoms with Gasteiger partial charge in [0.15, 0.2) is 0 Å². The summed E-state index contributed by atoms with van der Waals surface area (Å²) in [5.74, 6) is -0.848. The van der Waals surface area contributed by atoms with Crippen LogP contribution in [0.1, 0.15) is 28.0 Å². The number of nitrogens with zero attached hydrogens (tertiary/aromatic N) is 1. The van der Waals surface area contributed by atoms with Gasteiger partial charge in [-0.1, -0.05) is 6.92 Å². The van der Waals surface area contributed by atoms with Gasteiger partial charge in [-0.2, -0.15) is 0 Å². The quantitative estimate of drug-likeness (QED) is 0.797. The van der Waals surface area contributed by atoms with E-state index in [1.54, 1.807) is 11.3 Å². The van der Waals surface area contributed by atoms with Crippen LogP contribution in [-0.2, 0) is 17.8 Å². The molecule has 0 aliphatic rings. The maximum absolute atomic E-state index is 12.7. The largest absolute Gasteiger partial charge is 0.456 e. The molecule has 0 spiro atoms. The van der Waals surface area contributed by atoms with Crippen molar-refractivity contribution in [3.05, 3.63) is 51.7 Å². The Morgan fingerprint density at radius 3 is 2.72 bits per heavy atom. The number of hydrogen-bond donors (Lipinski definition) is 0. The minimum absolute atomic E-state index is 0.146. The van der Waals surface area contributed by atoms with Crippen LogP contribution in [0.3, 0.4) is 0 Å². The number of benzene rings is 1. The maximum Gasteiger partial charge on any atom is 0.338 e. The highest BCUT2D eigenvalue weighted by molar-refractivity contribution is 7.09. The van der Waals surface area contributed by atoms with E-state index in [4.69, 9.17) is 4.74 Å². The van der Waals surface area contributed by atoms with E-state index < -0.39 is 5.97 Å². The summed E-state index contributed by atoms with van der Waals surface area (Å²) in [4.78, 5) is 15.9. The van der Waals surface area contributed by atoms with Crippen molar-refractivity contribution < 1.29 is 13.9 Å². The summed E-state index contributed by atoms with van der Waals surface area (Å²) in [6, 6.07) is 5.26. The van der Waals surface area contributed by atoms with Crippen molar-refractivity contribution in [2.24, 2.45) is 0 Å². The van der Waals surface area contributed by atoms with Crippen LogP contribution < -0.4 is 0 Å². The van der Waals surface area contributed by atoms with Crippen molar-refractivity contribution in [1.82, 2.24) is 4.98 Å². The second-order valence-electron chi connectivity index (χ2n) is 3.67. The third kappa shape index (κ3) is 3.13. The number of carbonyl (C=O) groups is 1. The standard InChI is InChI=1S/C13H12FNO2S/c1-2-12-15-11(8-18-12)7-17-13(16)9-3-5-10(14)6-4-9/h3-6,8H,2,7H2,1H3. The van der Waals surface area contributed by atoms with Crippen molar-refractivity contribution >= 4 is 17.3 Å². The van der Waals surface area contributed by atoms with Gasteiger partial charge in [0.1, 0.15) is 12.4 Å². The Kier molecular flexibility index (Phi) is 4.04. The lowest BCUT2D eigenvalue weighted by molar-refractivity contribution is 0.0468. The molecule has 2 aromatic rings. The number of carbonyl (C=O) groups excluding carboxylic acids is 1. The molecule has 3 nitrogen and oxygen atoms in total. The van der Waals surface area contributed by atoms with Gasteiger partial charge in [0.2, 0.25) is 0 Å². The topological polar surface area (TPSA) is 39.2 Å². The Morgan fingerprint density at radius 1 is 1.39 bits per heavy atom. The zero-order chi connectivity index (χ0) is 13.0. The molecular weight excluding hydrogens is 253 g/mol. The molecule has 0 saturated heterocycles. The molecule has 2 rings (SSSR count). The number of hydrogen-bond acceptors (Lipinski definition) is 4. The molecule has 0 fully saturated rings. The zero-order valence-electron chi connectivity index (χ0n) is 9.85. The van der Waals surface area contributed by atoms with Gasteiger partial charge < -0.3 is 4.74 Å². The predicted molar refractivity (Wildman–Crippen MR) is 67.0 cm³/mol. The van der Waals surface area contributed by atoms with Gasteiger partial charge in [0.25, 0.3) is 0 Å². The van der Waals surface area contributed by atoms with Gasteiger partial charge in [0.05, 0.1) is 16.3 Å². The molecule has 0 aliphatic heterocycles. The van der Waals surface area contributed by atoms with E-state index in [0.717, 1.165) is 17.1 Å². The molecule has 0 radical (unpaired) electrons. The Labute approximate surface area is 108 Å². The Bertz CT molecular complexity index is 536. The molecule has 0 amide bonds. The van der Waals surface area contributed by atoms with E-state index in [9.17, 15) is 9.18 Å². The number of aryl methyl sites for hydroxylation is 1. The third-order valence-electron chi connectivity index (χ3n) is 2.33. The smallest absolute Gasteiger partial charge is 0.338 e. The molecule has 0 unspecified atom stereocenters. The Hall–Kier alpha value is -1.75. The fourth-order valence-corrected chi connectivity index (χ4v) is 2.12. The van der Waals surface area contributed by atoms with Gasteiger partial charge in [-0.15, -0.1) is 11.3 Å². The number of thiazole rings is 1. The van der Waals surface area contributed by atoms with Crippen LogP contribution in [0.5, 0.6) is 0 Å². The number of ether oxygens (including phenoxy) is 1. The van der Waals surface area contributed by atoms with Gasteiger partial charge in [-0.3, -0.25) is 0 Å². The van der Waals surface area contributed by atoms with Gasteiger partial charge in [0, 0.05) is 5.38 Å². The minimum atomic E-state index is -0.471. The average molecular weight is 265 g/mol. The van der Waals surface area contributed by atoms with Crippen LogP contribution in [0.25, 0.3) is 0 Å². The number of rotatable bonds is 4. The normalized spacial score (nSPS) is 10.3. The predicted octanol–water partition coefficient (Wildman–Crippen LogP) is 3.20. The Morgan fingerprint density at radius 2 is 2.11 bits per heavy atom.